The molecule has 0 rings (SSSR count). The lowest BCUT2D eigenvalue weighted by Gasteiger charge is -2.20. The van der Waals surface area contributed by atoms with Crippen LogP contribution in [0.2, 0.25) is 0 Å². The SMILES string of the molecule is C/C(=C\NC(=O)N(C=O)CCCN)C(C)(C)C. The third-order valence-corrected chi connectivity index (χ3v) is 2.59. The lowest BCUT2D eigenvalue weighted by molar-refractivity contribution is -0.115. The van der Waals surface area contributed by atoms with E-state index in [0.717, 1.165) is 10.5 Å². The highest BCUT2D eigenvalue weighted by molar-refractivity contribution is 5.85. The summed E-state index contributed by atoms with van der Waals surface area (Å²) >= 11 is 0. The highest BCUT2D eigenvalue weighted by atomic mass is 16.2. The number of nitrogens with zero attached hydrogens (tertiary/aromatic N) is 1. The molecule has 0 aliphatic carbocycles. The van der Waals surface area contributed by atoms with E-state index in [1.54, 1.807) is 6.20 Å². The Balaban J connectivity index is 4.38. The molecule has 0 aromatic rings. The van der Waals surface area contributed by atoms with Crippen molar-refractivity contribution < 1.29 is 9.59 Å². The lowest BCUT2D eigenvalue weighted by Crippen LogP contribution is -2.38. The fraction of sp³-hybridized carbons (Fsp3) is 0.667. The number of carbonyl (C=O) groups excluding carboxylic acids is 2. The van der Waals surface area contributed by atoms with Crippen molar-refractivity contribution in [3.8, 4) is 0 Å². The number of urea groups is 1. The summed E-state index contributed by atoms with van der Waals surface area (Å²) < 4.78 is 0. The predicted octanol–water partition coefficient (Wildman–Crippen LogP) is 1.45. The molecule has 0 aliphatic heterocycles. The number of carbonyl (C=O) groups is 2. The molecule has 17 heavy (non-hydrogen) atoms. The summed E-state index contributed by atoms with van der Waals surface area (Å²) in [7, 11) is 0. The molecule has 5 heteroatoms. The second-order valence-corrected chi connectivity index (χ2v) is 4.97. The van der Waals surface area contributed by atoms with E-state index in [0.29, 0.717) is 25.9 Å². The standard InChI is InChI=1S/C12H23N3O2/c1-10(12(2,3)4)8-14-11(17)15(9-16)7-5-6-13/h8-9H,5-7,13H2,1-4H3,(H,14,17)/b10-8+. The smallest absolute Gasteiger partial charge is 0.327 e. The van der Waals surface area contributed by atoms with Crippen LogP contribution in [0.4, 0.5) is 4.79 Å². The van der Waals surface area contributed by atoms with Crippen LogP contribution in [0.3, 0.4) is 0 Å². The van der Waals surface area contributed by atoms with E-state index in [1.807, 2.05) is 6.92 Å². The summed E-state index contributed by atoms with van der Waals surface area (Å²) in [4.78, 5) is 23.4. The van der Waals surface area contributed by atoms with Gasteiger partial charge >= 0.3 is 6.03 Å². The van der Waals surface area contributed by atoms with Gasteiger partial charge in [-0.2, -0.15) is 0 Å². The molecular formula is C12H23N3O2. The van der Waals surface area contributed by atoms with Gasteiger partial charge in [0.15, 0.2) is 0 Å². The Morgan fingerprint density at radius 2 is 2.00 bits per heavy atom. The van der Waals surface area contributed by atoms with Gasteiger partial charge in [-0.1, -0.05) is 26.3 Å². The molecule has 0 fully saturated rings. The Bertz CT molecular complexity index is 293. The molecule has 0 saturated carbocycles. The van der Waals surface area contributed by atoms with Crippen molar-refractivity contribution in [3.63, 3.8) is 0 Å². The second kappa shape index (κ2) is 7.06. The molecule has 3 amide bonds. The Kier molecular flexibility index (Phi) is 6.50. The summed E-state index contributed by atoms with van der Waals surface area (Å²) in [5.74, 6) is 0. The maximum atomic E-state index is 11.6. The fourth-order valence-electron chi connectivity index (χ4n) is 0.933. The molecule has 0 spiro atoms. The number of nitrogens with one attached hydrogen (secondary N) is 1. The van der Waals surface area contributed by atoms with E-state index < -0.39 is 6.03 Å². The summed E-state index contributed by atoms with van der Waals surface area (Å²) in [5, 5.41) is 2.60. The van der Waals surface area contributed by atoms with Crippen LogP contribution in [-0.2, 0) is 4.79 Å². The van der Waals surface area contributed by atoms with Crippen LogP contribution in [0.25, 0.3) is 0 Å². The highest BCUT2D eigenvalue weighted by Gasteiger charge is 2.14. The molecule has 98 valence electrons. The molecule has 0 aromatic carbocycles. The minimum atomic E-state index is -0.419. The van der Waals surface area contributed by atoms with Gasteiger partial charge in [0.2, 0.25) is 6.41 Å². The Labute approximate surface area is 103 Å². The van der Waals surface area contributed by atoms with Gasteiger partial charge in [-0.05, 0) is 25.3 Å². The molecule has 0 radical (unpaired) electrons. The van der Waals surface area contributed by atoms with Gasteiger partial charge in [0.25, 0.3) is 0 Å². The highest BCUT2D eigenvalue weighted by Crippen LogP contribution is 2.23. The lowest BCUT2D eigenvalue weighted by atomic mass is 9.88. The van der Waals surface area contributed by atoms with Gasteiger partial charge in [-0.15, -0.1) is 0 Å². The van der Waals surface area contributed by atoms with Crippen molar-refractivity contribution in [2.45, 2.75) is 34.1 Å². The van der Waals surface area contributed by atoms with Crippen molar-refractivity contribution in [2.75, 3.05) is 13.1 Å². The molecule has 0 atom stereocenters. The van der Waals surface area contributed by atoms with E-state index >= 15 is 0 Å². The van der Waals surface area contributed by atoms with Crippen molar-refractivity contribution >= 4 is 12.4 Å². The van der Waals surface area contributed by atoms with E-state index in [4.69, 9.17) is 5.73 Å². The molecule has 0 aliphatic rings. The summed E-state index contributed by atoms with van der Waals surface area (Å²) in [6.07, 6.45) is 2.76. The third kappa shape index (κ3) is 6.06. The Morgan fingerprint density at radius 1 is 1.41 bits per heavy atom. The summed E-state index contributed by atoms with van der Waals surface area (Å²) in [5.41, 5.74) is 6.36. The normalized spacial score (nSPS) is 12.2. The van der Waals surface area contributed by atoms with Gasteiger partial charge in [0.1, 0.15) is 0 Å². The van der Waals surface area contributed by atoms with Gasteiger partial charge in [0.05, 0.1) is 0 Å². The van der Waals surface area contributed by atoms with E-state index in [2.05, 4.69) is 26.1 Å². The summed E-state index contributed by atoms with van der Waals surface area (Å²) in [6, 6.07) is -0.419. The predicted molar refractivity (Wildman–Crippen MR) is 68.2 cm³/mol. The van der Waals surface area contributed by atoms with Crippen LogP contribution in [0.1, 0.15) is 34.1 Å². The van der Waals surface area contributed by atoms with Crippen LogP contribution in [0.15, 0.2) is 11.8 Å². The van der Waals surface area contributed by atoms with Crippen molar-refractivity contribution in [1.82, 2.24) is 10.2 Å². The first-order valence-electron chi connectivity index (χ1n) is 5.72. The van der Waals surface area contributed by atoms with Crippen LogP contribution < -0.4 is 11.1 Å². The van der Waals surface area contributed by atoms with E-state index in [1.165, 1.54) is 0 Å². The molecular weight excluding hydrogens is 218 g/mol. The molecule has 0 aromatic heterocycles. The number of amides is 3. The number of imide groups is 1. The zero-order valence-corrected chi connectivity index (χ0v) is 11.1. The maximum absolute atomic E-state index is 11.6. The number of nitrogens with two attached hydrogens (primary N) is 1. The van der Waals surface area contributed by atoms with Crippen LogP contribution >= 0.6 is 0 Å². The van der Waals surface area contributed by atoms with Crippen LogP contribution in [-0.4, -0.2) is 30.4 Å². The topological polar surface area (TPSA) is 75.4 Å². The van der Waals surface area contributed by atoms with Crippen molar-refractivity contribution in [3.05, 3.63) is 11.8 Å². The number of hydrogen-bond donors (Lipinski definition) is 2. The largest absolute Gasteiger partial charge is 0.330 e. The van der Waals surface area contributed by atoms with Crippen molar-refractivity contribution in [1.29, 1.82) is 0 Å². The quantitative estimate of drug-likeness (QED) is 0.715. The van der Waals surface area contributed by atoms with E-state index in [9.17, 15) is 9.59 Å². The van der Waals surface area contributed by atoms with Gasteiger partial charge in [-0.3, -0.25) is 9.69 Å². The molecule has 0 saturated heterocycles. The van der Waals surface area contributed by atoms with Gasteiger partial charge in [0, 0.05) is 12.7 Å². The van der Waals surface area contributed by atoms with Crippen molar-refractivity contribution in [2.24, 2.45) is 11.1 Å². The average Bonchev–Trinajstić information content (AvgIpc) is 2.25. The average molecular weight is 241 g/mol. The Hall–Kier alpha value is -1.36. The number of hydrogen-bond acceptors (Lipinski definition) is 3. The van der Waals surface area contributed by atoms with E-state index in [-0.39, 0.29) is 5.41 Å². The fourth-order valence-corrected chi connectivity index (χ4v) is 0.933. The first-order chi connectivity index (χ1) is 7.82. The number of rotatable bonds is 5. The zero-order chi connectivity index (χ0) is 13.5. The first-order valence-corrected chi connectivity index (χ1v) is 5.72. The molecule has 5 nitrogen and oxygen atoms in total. The molecule has 3 N–H and O–H groups in total. The van der Waals surface area contributed by atoms with Crippen LogP contribution in [0, 0.1) is 5.41 Å². The monoisotopic (exact) mass is 241 g/mol. The molecule has 0 bridgehead atoms. The zero-order valence-electron chi connectivity index (χ0n) is 11.1. The molecule has 0 heterocycles. The number of allylic oxidation sites excluding steroid dienone is 1. The van der Waals surface area contributed by atoms with Gasteiger partial charge < -0.3 is 11.1 Å². The first kappa shape index (κ1) is 15.6. The third-order valence-electron chi connectivity index (χ3n) is 2.59. The minimum Gasteiger partial charge on any atom is -0.330 e. The maximum Gasteiger partial charge on any atom is 0.327 e. The van der Waals surface area contributed by atoms with Gasteiger partial charge in [-0.25, -0.2) is 4.79 Å². The van der Waals surface area contributed by atoms with Crippen LogP contribution in [0.5, 0.6) is 0 Å². The molecule has 0 unspecified atom stereocenters. The minimum absolute atomic E-state index is 0.00343. The summed E-state index contributed by atoms with van der Waals surface area (Å²) in [6.45, 7) is 8.89. The Morgan fingerprint density at radius 3 is 2.41 bits per heavy atom. The second-order valence-electron chi connectivity index (χ2n) is 4.97.